The summed E-state index contributed by atoms with van der Waals surface area (Å²) in [6, 6.07) is 8.42. The number of hydrogen-bond acceptors (Lipinski definition) is 1. The first-order valence-corrected chi connectivity index (χ1v) is 4.82. The molecule has 1 aliphatic carbocycles. The largest absolute Gasteiger partial charge is 0.192 e. The van der Waals surface area contributed by atoms with E-state index < -0.39 is 0 Å². The van der Waals surface area contributed by atoms with Crippen LogP contribution in [-0.2, 0) is 0 Å². The molecule has 0 unspecified atom stereocenters. The molecule has 2 rings (SSSR count). The highest BCUT2D eigenvalue weighted by molar-refractivity contribution is 5.40. The normalized spacial score (nSPS) is 16.3. The van der Waals surface area contributed by atoms with Gasteiger partial charge in [0.15, 0.2) is 0 Å². The fourth-order valence-corrected chi connectivity index (χ4v) is 1.81. The maximum absolute atomic E-state index is 8.77. The molecule has 0 spiro atoms. The van der Waals surface area contributed by atoms with Crippen molar-refractivity contribution in [3.05, 3.63) is 34.9 Å². The minimum Gasteiger partial charge on any atom is -0.192 e. The van der Waals surface area contributed by atoms with Gasteiger partial charge in [0.2, 0.25) is 0 Å². The predicted octanol–water partition coefficient (Wildman–Crippen LogP) is 3.13. The van der Waals surface area contributed by atoms with E-state index in [1.165, 1.54) is 24.8 Å². The van der Waals surface area contributed by atoms with Gasteiger partial charge in [0, 0.05) is 0 Å². The fraction of sp³-hybridized carbons (Fsp3) is 0.417. The third-order valence-corrected chi connectivity index (χ3v) is 2.95. The van der Waals surface area contributed by atoms with Crippen LogP contribution in [0, 0.1) is 18.3 Å². The van der Waals surface area contributed by atoms with E-state index in [9.17, 15) is 0 Å². The van der Waals surface area contributed by atoms with Gasteiger partial charge < -0.3 is 0 Å². The highest BCUT2D eigenvalue weighted by Crippen LogP contribution is 2.36. The van der Waals surface area contributed by atoms with Crippen molar-refractivity contribution in [2.75, 3.05) is 0 Å². The minimum absolute atomic E-state index is 0.770. The third-order valence-electron chi connectivity index (χ3n) is 2.95. The van der Waals surface area contributed by atoms with Crippen molar-refractivity contribution in [3.63, 3.8) is 0 Å². The molecule has 0 N–H and O–H groups in total. The molecular weight excluding hydrogens is 158 g/mol. The third kappa shape index (κ3) is 1.45. The van der Waals surface area contributed by atoms with Gasteiger partial charge in [-0.15, -0.1) is 0 Å². The molecule has 0 aliphatic heterocycles. The summed E-state index contributed by atoms with van der Waals surface area (Å²) in [5.41, 5.74) is 3.35. The van der Waals surface area contributed by atoms with E-state index in [1.807, 2.05) is 13.0 Å². The smallest absolute Gasteiger partial charge is 0.0994 e. The molecule has 66 valence electrons. The minimum atomic E-state index is 0.770. The Labute approximate surface area is 79.0 Å². The molecule has 0 saturated heterocycles. The van der Waals surface area contributed by atoms with E-state index in [1.54, 1.807) is 0 Å². The Hall–Kier alpha value is -1.29. The lowest BCUT2D eigenvalue weighted by Crippen LogP contribution is -2.08. The number of rotatable bonds is 1. The van der Waals surface area contributed by atoms with Crippen LogP contribution in [0.4, 0.5) is 0 Å². The zero-order valence-corrected chi connectivity index (χ0v) is 7.88. The van der Waals surface area contributed by atoms with Crippen LogP contribution >= 0.6 is 0 Å². The zero-order valence-electron chi connectivity index (χ0n) is 7.88. The molecule has 1 aromatic carbocycles. The Morgan fingerprint density at radius 3 is 2.62 bits per heavy atom. The van der Waals surface area contributed by atoms with E-state index in [0.717, 1.165) is 17.0 Å². The molecule has 1 aliphatic rings. The van der Waals surface area contributed by atoms with Gasteiger partial charge in [-0.2, -0.15) is 5.26 Å². The van der Waals surface area contributed by atoms with Gasteiger partial charge >= 0.3 is 0 Å². The second-order valence-electron chi connectivity index (χ2n) is 3.81. The number of nitrogens with zero attached hydrogens (tertiary/aromatic N) is 1. The van der Waals surface area contributed by atoms with Gasteiger partial charge in [-0.3, -0.25) is 0 Å². The topological polar surface area (TPSA) is 23.8 Å². The van der Waals surface area contributed by atoms with Crippen LogP contribution in [0.5, 0.6) is 0 Å². The summed E-state index contributed by atoms with van der Waals surface area (Å²) in [5.74, 6) is 0.770. The lowest BCUT2D eigenvalue weighted by atomic mass is 9.79. The standard InChI is InChI=1S/C12H13N/c1-9-7-11(10-3-2-4-10)5-6-12(9)8-13/h5-7,10H,2-4H2,1H3. The quantitative estimate of drug-likeness (QED) is 0.636. The SMILES string of the molecule is Cc1cc(C2CCC2)ccc1C#N. The molecule has 0 atom stereocenters. The van der Waals surface area contributed by atoms with Crippen LogP contribution in [0.2, 0.25) is 0 Å². The van der Waals surface area contributed by atoms with Gasteiger partial charge in [-0.05, 0) is 42.9 Å². The molecular formula is C12H13N. The molecule has 1 aromatic rings. The van der Waals surface area contributed by atoms with Gasteiger partial charge in [0.25, 0.3) is 0 Å². The van der Waals surface area contributed by atoms with E-state index >= 15 is 0 Å². The van der Waals surface area contributed by atoms with Crippen molar-refractivity contribution in [2.45, 2.75) is 32.1 Å². The van der Waals surface area contributed by atoms with E-state index in [4.69, 9.17) is 5.26 Å². The van der Waals surface area contributed by atoms with Gasteiger partial charge in [0.1, 0.15) is 0 Å². The molecule has 13 heavy (non-hydrogen) atoms. The first-order chi connectivity index (χ1) is 6.31. The van der Waals surface area contributed by atoms with Crippen LogP contribution in [0.25, 0.3) is 0 Å². The summed E-state index contributed by atoms with van der Waals surface area (Å²) < 4.78 is 0. The second-order valence-corrected chi connectivity index (χ2v) is 3.81. The first-order valence-electron chi connectivity index (χ1n) is 4.82. The van der Waals surface area contributed by atoms with Crippen molar-refractivity contribution < 1.29 is 0 Å². The number of nitriles is 1. The predicted molar refractivity (Wildman–Crippen MR) is 52.5 cm³/mol. The van der Waals surface area contributed by atoms with Crippen molar-refractivity contribution in [3.8, 4) is 6.07 Å². The number of aryl methyl sites for hydroxylation is 1. The molecule has 0 amide bonds. The van der Waals surface area contributed by atoms with Crippen LogP contribution in [0.15, 0.2) is 18.2 Å². The Balaban J connectivity index is 2.30. The lowest BCUT2D eigenvalue weighted by molar-refractivity contribution is 0.419. The van der Waals surface area contributed by atoms with E-state index in [2.05, 4.69) is 18.2 Å². The molecule has 1 heteroatoms. The van der Waals surface area contributed by atoms with E-state index in [0.29, 0.717) is 0 Å². The molecule has 1 saturated carbocycles. The number of hydrogen-bond donors (Lipinski definition) is 0. The zero-order chi connectivity index (χ0) is 9.26. The fourth-order valence-electron chi connectivity index (χ4n) is 1.81. The molecule has 1 nitrogen and oxygen atoms in total. The molecule has 0 bridgehead atoms. The summed E-state index contributed by atoms with van der Waals surface area (Å²) in [4.78, 5) is 0. The summed E-state index contributed by atoms with van der Waals surface area (Å²) in [6.45, 7) is 2.01. The molecule has 0 radical (unpaired) electrons. The summed E-state index contributed by atoms with van der Waals surface area (Å²) in [6.07, 6.45) is 4.01. The van der Waals surface area contributed by atoms with Gasteiger partial charge in [-0.25, -0.2) is 0 Å². The second kappa shape index (κ2) is 3.22. The van der Waals surface area contributed by atoms with Gasteiger partial charge in [0.05, 0.1) is 11.6 Å². The van der Waals surface area contributed by atoms with Crippen molar-refractivity contribution >= 4 is 0 Å². The lowest BCUT2D eigenvalue weighted by Gasteiger charge is -2.26. The van der Waals surface area contributed by atoms with Crippen LogP contribution in [0.1, 0.15) is 41.9 Å². The Kier molecular flexibility index (Phi) is 2.06. The maximum atomic E-state index is 8.77. The highest BCUT2D eigenvalue weighted by atomic mass is 14.3. The van der Waals surface area contributed by atoms with E-state index in [-0.39, 0.29) is 0 Å². The van der Waals surface area contributed by atoms with Crippen molar-refractivity contribution in [1.29, 1.82) is 5.26 Å². The molecule has 1 fully saturated rings. The molecule has 0 aromatic heterocycles. The summed E-state index contributed by atoms with van der Waals surface area (Å²) in [7, 11) is 0. The van der Waals surface area contributed by atoms with Crippen molar-refractivity contribution in [2.24, 2.45) is 0 Å². The monoisotopic (exact) mass is 171 g/mol. The van der Waals surface area contributed by atoms with Crippen LogP contribution < -0.4 is 0 Å². The molecule has 0 heterocycles. The first kappa shape index (κ1) is 8.31. The van der Waals surface area contributed by atoms with Crippen LogP contribution in [0.3, 0.4) is 0 Å². The summed E-state index contributed by atoms with van der Waals surface area (Å²) >= 11 is 0. The Morgan fingerprint density at radius 1 is 1.38 bits per heavy atom. The highest BCUT2D eigenvalue weighted by Gasteiger charge is 2.19. The van der Waals surface area contributed by atoms with Crippen LogP contribution in [-0.4, -0.2) is 0 Å². The number of benzene rings is 1. The Bertz CT molecular complexity index is 356. The van der Waals surface area contributed by atoms with Crippen molar-refractivity contribution in [1.82, 2.24) is 0 Å². The average Bonchev–Trinajstić information content (AvgIpc) is 2.01. The maximum Gasteiger partial charge on any atom is 0.0994 e. The van der Waals surface area contributed by atoms with Gasteiger partial charge in [-0.1, -0.05) is 18.6 Å². The summed E-state index contributed by atoms with van der Waals surface area (Å²) in [5, 5.41) is 8.77. The Morgan fingerprint density at radius 2 is 2.15 bits per heavy atom. The average molecular weight is 171 g/mol.